The Kier molecular flexibility index (Phi) is 9.29. The van der Waals surface area contributed by atoms with Crippen LogP contribution in [0.3, 0.4) is 0 Å². The van der Waals surface area contributed by atoms with Crippen LogP contribution in [0.15, 0.2) is 24.5 Å². The van der Waals surface area contributed by atoms with Crippen LogP contribution in [0.2, 0.25) is 0 Å². The van der Waals surface area contributed by atoms with Gasteiger partial charge < -0.3 is 5.32 Å². The summed E-state index contributed by atoms with van der Waals surface area (Å²) < 4.78 is 0. The van der Waals surface area contributed by atoms with Crippen molar-refractivity contribution in [3.63, 3.8) is 0 Å². The first-order valence-electron chi connectivity index (χ1n) is 7.68. The van der Waals surface area contributed by atoms with E-state index in [1.54, 1.807) is 0 Å². The van der Waals surface area contributed by atoms with Gasteiger partial charge in [0.15, 0.2) is 0 Å². The molecule has 0 radical (unpaired) electrons. The third-order valence-corrected chi connectivity index (χ3v) is 3.36. The van der Waals surface area contributed by atoms with E-state index in [1.165, 1.54) is 44.3 Å². The van der Waals surface area contributed by atoms with Crippen molar-refractivity contribution in [1.82, 2.24) is 15.2 Å². The topological polar surface area (TPSA) is 28.2 Å². The molecule has 1 heterocycles. The van der Waals surface area contributed by atoms with Crippen LogP contribution in [0.1, 0.15) is 45.1 Å². The summed E-state index contributed by atoms with van der Waals surface area (Å²) in [6.07, 6.45) is 8.91. The van der Waals surface area contributed by atoms with E-state index in [1.807, 2.05) is 12.4 Å². The second kappa shape index (κ2) is 10.9. The highest BCUT2D eigenvalue weighted by Crippen LogP contribution is 2.05. The van der Waals surface area contributed by atoms with Crippen LogP contribution in [0.5, 0.6) is 0 Å². The zero-order valence-corrected chi connectivity index (χ0v) is 12.6. The number of rotatable bonds is 11. The Morgan fingerprint density at radius 3 is 2.53 bits per heavy atom. The first kappa shape index (κ1) is 16.1. The van der Waals surface area contributed by atoms with Crippen LogP contribution in [0, 0.1) is 0 Å². The van der Waals surface area contributed by atoms with Gasteiger partial charge in [0.25, 0.3) is 0 Å². The van der Waals surface area contributed by atoms with Gasteiger partial charge in [0, 0.05) is 18.9 Å². The maximum Gasteiger partial charge on any atom is 0.0271 e. The van der Waals surface area contributed by atoms with Crippen LogP contribution in [0.4, 0.5) is 0 Å². The molecular weight excluding hydrogens is 234 g/mol. The Morgan fingerprint density at radius 1 is 1.05 bits per heavy atom. The summed E-state index contributed by atoms with van der Waals surface area (Å²) in [5.74, 6) is 0. The molecule has 0 atom stereocenters. The molecule has 0 unspecified atom stereocenters. The molecule has 0 saturated carbocycles. The van der Waals surface area contributed by atoms with Crippen LogP contribution in [-0.2, 0) is 6.54 Å². The largest absolute Gasteiger partial charge is 0.317 e. The zero-order chi connectivity index (χ0) is 13.8. The quantitative estimate of drug-likeness (QED) is 0.622. The van der Waals surface area contributed by atoms with Crippen molar-refractivity contribution < 1.29 is 0 Å². The number of nitrogens with one attached hydrogen (secondary N) is 1. The molecule has 1 aromatic rings. The SMILES string of the molecule is CCCNCCCCCN(CC)Cc1ccncc1. The van der Waals surface area contributed by atoms with Gasteiger partial charge >= 0.3 is 0 Å². The zero-order valence-electron chi connectivity index (χ0n) is 12.6. The molecule has 108 valence electrons. The molecule has 1 N–H and O–H groups in total. The standard InChI is InChI=1S/C16H29N3/c1-3-10-17-11-6-5-7-14-19(4-2)15-16-8-12-18-13-9-16/h8-9,12-13,17H,3-7,10-11,14-15H2,1-2H3. The minimum atomic E-state index is 1.05. The predicted molar refractivity (Wildman–Crippen MR) is 82.2 cm³/mol. The van der Waals surface area contributed by atoms with Gasteiger partial charge in [-0.3, -0.25) is 9.88 Å². The fourth-order valence-electron chi connectivity index (χ4n) is 2.16. The summed E-state index contributed by atoms with van der Waals surface area (Å²) in [6.45, 7) is 10.2. The molecule has 0 saturated heterocycles. The molecule has 0 bridgehead atoms. The second-order valence-electron chi connectivity index (χ2n) is 5.03. The van der Waals surface area contributed by atoms with Crippen molar-refractivity contribution in [2.45, 2.75) is 46.1 Å². The normalized spacial score (nSPS) is 11.1. The van der Waals surface area contributed by atoms with Gasteiger partial charge in [-0.05, 0) is 63.1 Å². The first-order valence-corrected chi connectivity index (χ1v) is 7.68. The molecular formula is C16H29N3. The van der Waals surface area contributed by atoms with Gasteiger partial charge in [0.2, 0.25) is 0 Å². The van der Waals surface area contributed by atoms with Crippen molar-refractivity contribution in [3.8, 4) is 0 Å². The van der Waals surface area contributed by atoms with E-state index < -0.39 is 0 Å². The van der Waals surface area contributed by atoms with Crippen LogP contribution >= 0.6 is 0 Å². The average molecular weight is 263 g/mol. The summed E-state index contributed by atoms with van der Waals surface area (Å²) in [5, 5.41) is 3.46. The van der Waals surface area contributed by atoms with Crippen LogP contribution in [0.25, 0.3) is 0 Å². The highest BCUT2D eigenvalue weighted by molar-refractivity contribution is 5.09. The minimum absolute atomic E-state index is 1.05. The molecule has 0 fully saturated rings. The molecule has 0 amide bonds. The monoisotopic (exact) mass is 263 g/mol. The Balaban J connectivity index is 2.09. The fraction of sp³-hybridized carbons (Fsp3) is 0.688. The van der Waals surface area contributed by atoms with Crippen molar-refractivity contribution in [3.05, 3.63) is 30.1 Å². The number of nitrogens with zero attached hydrogens (tertiary/aromatic N) is 2. The molecule has 1 aromatic heterocycles. The lowest BCUT2D eigenvalue weighted by atomic mass is 10.2. The number of aromatic nitrogens is 1. The minimum Gasteiger partial charge on any atom is -0.317 e. The van der Waals surface area contributed by atoms with E-state index in [2.05, 4.69) is 41.2 Å². The summed E-state index contributed by atoms with van der Waals surface area (Å²) in [7, 11) is 0. The van der Waals surface area contributed by atoms with E-state index in [9.17, 15) is 0 Å². The molecule has 0 aliphatic rings. The van der Waals surface area contributed by atoms with E-state index in [0.717, 1.165) is 19.6 Å². The summed E-state index contributed by atoms with van der Waals surface area (Å²) in [4.78, 5) is 6.57. The fourth-order valence-corrected chi connectivity index (χ4v) is 2.16. The Hall–Kier alpha value is -0.930. The highest BCUT2D eigenvalue weighted by atomic mass is 15.1. The van der Waals surface area contributed by atoms with Gasteiger partial charge in [-0.25, -0.2) is 0 Å². The molecule has 19 heavy (non-hydrogen) atoms. The van der Waals surface area contributed by atoms with Gasteiger partial charge in [-0.15, -0.1) is 0 Å². The molecule has 0 aromatic carbocycles. The Labute approximate surface area is 118 Å². The van der Waals surface area contributed by atoms with Gasteiger partial charge in [-0.2, -0.15) is 0 Å². The third kappa shape index (κ3) is 7.96. The Bertz CT molecular complexity index is 300. The average Bonchev–Trinajstić information content (AvgIpc) is 2.46. The summed E-state index contributed by atoms with van der Waals surface area (Å²) >= 11 is 0. The van der Waals surface area contributed by atoms with Crippen molar-refractivity contribution in [2.75, 3.05) is 26.2 Å². The predicted octanol–water partition coefficient (Wildman–Crippen LogP) is 3.07. The number of hydrogen-bond acceptors (Lipinski definition) is 3. The third-order valence-electron chi connectivity index (χ3n) is 3.36. The van der Waals surface area contributed by atoms with Gasteiger partial charge in [0.05, 0.1) is 0 Å². The molecule has 0 aliphatic carbocycles. The van der Waals surface area contributed by atoms with E-state index >= 15 is 0 Å². The van der Waals surface area contributed by atoms with Crippen molar-refractivity contribution >= 4 is 0 Å². The smallest absolute Gasteiger partial charge is 0.0271 e. The van der Waals surface area contributed by atoms with E-state index in [4.69, 9.17) is 0 Å². The lowest BCUT2D eigenvalue weighted by Crippen LogP contribution is -2.24. The van der Waals surface area contributed by atoms with Crippen LogP contribution in [-0.4, -0.2) is 36.1 Å². The molecule has 1 rings (SSSR count). The maximum absolute atomic E-state index is 4.06. The first-order chi connectivity index (χ1) is 9.36. The number of hydrogen-bond donors (Lipinski definition) is 1. The molecule has 3 heteroatoms. The van der Waals surface area contributed by atoms with Gasteiger partial charge in [-0.1, -0.05) is 20.3 Å². The number of pyridine rings is 1. The lowest BCUT2D eigenvalue weighted by molar-refractivity contribution is 0.272. The summed E-state index contributed by atoms with van der Waals surface area (Å²) in [6, 6.07) is 4.22. The van der Waals surface area contributed by atoms with E-state index in [-0.39, 0.29) is 0 Å². The number of unbranched alkanes of at least 4 members (excludes halogenated alkanes) is 2. The lowest BCUT2D eigenvalue weighted by Gasteiger charge is -2.20. The van der Waals surface area contributed by atoms with Crippen LogP contribution < -0.4 is 5.32 Å². The van der Waals surface area contributed by atoms with E-state index in [0.29, 0.717) is 0 Å². The van der Waals surface area contributed by atoms with Gasteiger partial charge in [0.1, 0.15) is 0 Å². The molecule has 0 aliphatic heterocycles. The Morgan fingerprint density at radius 2 is 1.84 bits per heavy atom. The summed E-state index contributed by atoms with van der Waals surface area (Å²) in [5.41, 5.74) is 1.36. The van der Waals surface area contributed by atoms with Crippen molar-refractivity contribution in [2.24, 2.45) is 0 Å². The molecule has 0 spiro atoms. The maximum atomic E-state index is 4.06. The highest BCUT2D eigenvalue weighted by Gasteiger charge is 2.03. The molecule has 3 nitrogen and oxygen atoms in total. The van der Waals surface area contributed by atoms with Crippen molar-refractivity contribution in [1.29, 1.82) is 0 Å². The second-order valence-corrected chi connectivity index (χ2v) is 5.03.